The van der Waals surface area contributed by atoms with E-state index < -0.39 is 229 Å². The minimum absolute atomic E-state index is 0.00885. The number of imidazole rings is 1. The van der Waals surface area contributed by atoms with Gasteiger partial charge in [-0.3, -0.25) is 86.9 Å². The molecular weight excluding hydrogens is 1790 g/mol. The molecule has 2 aliphatic rings. The van der Waals surface area contributed by atoms with Crippen LogP contribution in [-0.4, -0.2) is 314 Å². The Labute approximate surface area is 796 Å². The first-order valence-electron chi connectivity index (χ1n) is 45.3. The third-order valence-electron chi connectivity index (χ3n) is 23.7. The van der Waals surface area contributed by atoms with Crippen LogP contribution in [0.1, 0.15) is 113 Å². The highest BCUT2D eigenvalue weighted by Gasteiger charge is 2.44. The zero-order valence-corrected chi connectivity index (χ0v) is 78.8. The number of guanidine groups is 1. The number of likely N-dealkylation sites (N-methyl/N-ethyl adjacent to an activating group) is 4. The van der Waals surface area contributed by atoms with Crippen molar-refractivity contribution in [2.75, 3.05) is 79.1 Å². The van der Waals surface area contributed by atoms with Crippen LogP contribution in [0.25, 0.3) is 21.8 Å². The number of benzene rings is 4. The number of aromatic nitrogens is 4. The summed E-state index contributed by atoms with van der Waals surface area (Å²) in [5.41, 5.74) is 20.6. The van der Waals surface area contributed by atoms with Gasteiger partial charge in [0.15, 0.2) is 5.96 Å². The van der Waals surface area contributed by atoms with Gasteiger partial charge < -0.3 is 125 Å². The molecule has 0 spiro atoms. The molecule has 137 heavy (non-hydrogen) atoms. The van der Waals surface area contributed by atoms with E-state index in [1.165, 1.54) is 47.6 Å². The average molecular weight is 1920 g/mol. The van der Waals surface area contributed by atoms with Crippen molar-refractivity contribution in [1.29, 1.82) is 5.41 Å². The summed E-state index contributed by atoms with van der Waals surface area (Å²) in [5.74, 6) is -17.7. The Kier molecular flexibility index (Phi) is 40.4. The number of aliphatic hydroxyl groups excluding tert-OH is 1. The number of hydrogen-bond acceptors (Lipinski definition) is 22. The maximum Gasteiger partial charge on any atom is 0.248 e. The highest BCUT2D eigenvalue weighted by molar-refractivity contribution is 8.00. The fourth-order valence-electron chi connectivity index (χ4n) is 16.1. The second-order valence-corrected chi connectivity index (χ2v) is 35.5. The Hall–Kier alpha value is -14.3. The molecule has 17 amide bonds. The molecule has 4 aromatic carbocycles. The van der Waals surface area contributed by atoms with Crippen LogP contribution in [0.4, 0.5) is 0 Å². The number of amides is 17. The van der Waals surface area contributed by atoms with E-state index in [0.717, 1.165) is 36.3 Å². The molecule has 22 N–H and O–H groups in total. The lowest BCUT2D eigenvalue weighted by atomic mass is 10.0. The summed E-state index contributed by atoms with van der Waals surface area (Å²) >= 11 is 0.784. The molecule has 0 bridgehead atoms. The van der Waals surface area contributed by atoms with Gasteiger partial charge >= 0.3 is 0 Å². The van der Waals surface area contributed by atoms with Crippen LogP contribution in [0.5, 0.6) is 0 Å². The van der Waals surface area contributed by atoms with Gasteiger partial charge in [-0.05, 0) is 85.8 Å². The van der Waals surface area contributed by atoms with E-state index >= 15 is 28.8 Å². The number of aromatic amines is 3. The number of fused-ring (bicyclic) bond motifs is 3. The molecule has 7 aromatic rings. The van der Waals surface area contributed by atoms with Crippen LogP contribution >= 0.6 is 11.8 Å². The van der Waals surface area contributed by atoms with Gasteiger partial charge in [0.25, 0.3) is 0 Å². The first kappa shape index (κ1) is 106. The topological polar surface area (TPSA) is 630 Å². The Bertz CT molecular complexity index is 5390. The maximum absolute atomic E-state index is 15.9. The van der Waals surface area contributed by atoms with Crippen molar-refractivity contribution in [3.63, 3.8) is 0 Å². The fourth-order valence-corrected chi connectivity index (χ4v) is 17.0. The number of thioether (sulfide) groups is 1. The van der Waals surface area contributed by atoms with E-state index in [1.807, 2.05) is 6.92 Å². The highest BCUT2D eigenvalue weighted by atomic mass is 32.2. The van der Waals surface area contributed by atoms with E-state index in [9.17, 15) is 57.8 Å². The number of H-pyrrole nitrogens is 3. The van der Waals surface area contributed by atoms with Crippen molar-refractivity contribution in [1.82, 2.24) is 103 Å². The summed E-state index contributed by atoms with van der Waals surface area (Å²) in [6, 6.07) is 11.0. The smallest absolute Gasteiger partial charge is 0.248 e. The molecule has 0 saturated carbocycles. The number of hydrogen-bond donors (Lipinski definition) is 19. The maximum atomic E-state index is 15.9. The van der Waals surface area contributed by atoms with E-state index in [4.69, 9.17) is 27.3 Å². The molecule has 13 atom stereocenters. The van der Waals surface area contributed by atoms with Crippen LogP contribution in [0.3, 0.4) is 0 Å². The van der Waals surface area contributed by atoms with Crippen molar-refractivity contribution in [2.45, 2.75) is 196 Å². The molecule has 44 heteroatoms. The van der Waals surface area contributed by atoms with E-state index in [0.29, 0.717) is 62.6 Å². The summed E-state index contributed by atoms with van der Waals surface area (Å²) in [5, 5.41) is 49.4. The number of rotatable bonds is 27. The van der Waals surface area contributed by atoms with Crippen molar-refractivity contribution >= 4 is 140 Å². The van der Waals surface area contributed by atoms with Crippen LogP contribution in [0.15, 0.2) is 134 Å². The molecule has 3 aromatic heterocycles. The predicted octanol–water partition coefficient (Wildman–Crippen LogP) is -2.11. The number of nitrogens with one attached hydrogen (secondary N) is 15. The standard InChI is InChI=1S/C93H126N24O19S/c1-9-10-32-73-86(129)106-64(31-21-34-99-93(96)97)82(125)112-72(81(124)102-45-77(95)120)50-137-51-79(122)105-68(37-55-23-13-11-14-24-55)89(132)114(6)54(4)80(123)108-70(41-76(94)119)91(134)117-35-22-33-74(117)87(130)107-66(40-59-44-98-52-103-59)84(127)109-67(36-53(2)3)88(131)113(5)46-78(121)104-65(38-57-42-100-62-29-19-17-27-60(57)62)83(126)111-71(47-118)85(128)110-69(39-58-43-101-63-30-20-18-28-61(58)63)90(133)116(8)75(92(135)115(73)7)49-136-48-56-25-15-12-16-26-56/h11-20,23-30,42-44,52-54,64-75,100-101,118H,9-10,21-22,31-41,45-51H2,1-8H3,(H2,94,119)(H2,95,120)(H,98,103)(H,102,124)(H,104,121)(H,105,122)(H,106,129)(H,107,130)(H,108,123)(H,109,127)(H,110,128)(H,111,126)(H,112,125)(H4,96,97,99). The molecule has 5 heterocycles. The largest absolute Gasteiger partial charge is 0.394 e. The Morgan fingerprint density at radius 1 is 0.547 bits per heavy atom. The Balaban J connectivity index is 1.10. The molecule has 43 nitrogen and oxygen atoms in total. The molecule has 0 aliphatic carbocycles. The average Bonchev–Trinajstić information content (AvgIpc) is 1.55. The second kappa shape index (κ2) is 52.0. The number of carbonyl (C=O) groups excluding carboxylic acids is 17. The fraction of sp³-hybridized carbons (Fsp3) is 0.473. The molecule has 0 radical (unpaired) electrons. The van der Waals surface area contributed by atoms with E-state index in [-0.39, 0.29) is 89.8 Å². The first-order valence-corrected chi connectivity index (χ1v) is 46.5. The van der Waals surface area contributed by atoms with Gasteiger partial charge in [-0.25, -0.2) is 4.98 Å². The number of unbranched alkanes of at least 4 members (excludes halogenated alkanes) is 1. The van der Waals surface area contributed by atoms with Gasteiger partial charge in [-0.2, -0.15) is 0 Å². The number of nitrogens with zero attached hydrogens (tertiary/aromatic N) is 6. The van der Waals surface area contributed by atoms with E-state index in [2.05, 4.69) is 78.4 Å². The molecule has 13 unspecified atom stereocenters. The number of carbonyl (C=O) groups is 17. The summed E-state index contributed by atoms with van der Waals surface area (Å²) in [7, 11) is 5.12. The minimum atomic E-state index is -1.89. The summed E-state index contributed by atoms with van der Waals surface area (Å²) in [6.45, 7) is 3.30. The SMILES string of the molecule is CCCCC1C(=O)NC(CCCNC(=N)N)C(=O)NC(C(=O)NCC(N)=O)CSCC(=O)NC(Cc2ccccc2)C(=O)N(C)C(C)C(=O)NC(CC(N)=O)C(=O)N2CCCC2C(=O)NC(Cc2cnc[nH]2)C(=O)NC(CC(C)C)C(=O)N(C)CC(=O)NC(Cc2c[nH]c3ccccc23)C(=O)NC(CO)C(=O)NC(Cc2c[nH]c3ccccc23)C(=O)N(C)C(COCc2ccccc2)C(=O)N1C. The number of ether oxygens (including phenoxy) is 1. The monoisotopic (exact) mass is 1910 g/mol. The predicted molar refractivity (Wildman–Crippen MR) is 506 cm³/mol. The third kappa shape index (κ3) is 31.1. The molecule has 2 aliphatic heterocycles. The van der Waals surface area contributed by atoms with Gasteiger partial charge in [0.05, 0.1) is 51.4 Å². The number of primary amides is 2. The molecule has 2 saturated heterocycles. The number of nitrogens with two attached hydrogens (primary N) is 3. The zero-order valence-electron chi connectivity index (χ0n) is 78.0. The highest BCUT2D eigenvalue weighted by Crippen LogP contribution is 2.26. The Morgan fingerprint density at radius 2 is 1.09 bits per heavy atom. The summed E-state index contributed by atoms with van der Waals surface area (Å²) in [4.78, 5) is 268. The van der Waals surface area contributed by atoms with Gasteiger partial charge in [0, 0.05) is 119 Å². The van der Waals surface area contributed by atoms with Crippen molar-refractivity contribution < 1.29 is 91.4 Å². The van der Waals surface area contributed by atoms with Gasteiger partial charge in [-0.1, -0.05) is 131 Å². The number of aliphatic hydroxyl groups is 1. The van der Waals surface area contributed by atoms with Crippen LogP contribution in [-0.2, 0) is 119 Å². The lowest BCUT2D eigenvalue weighted by Gasteiger charge is -2.36. The van der Waals surface area contributed by atoms with Gasteiger partial charge in [-0.15, -0.1) is 11.8 Å². The molecular formula is C93H126N24O19S. The first-order chi connectivity index (χ1) is 65.4. The van der Waals surface area contributed by atoms with Gasteiger partial charge in [0.2, 0.25) is 100 Å². The normalized spacial score (nSPS) is 23.1. The van der Waals surface area contributed by atoms with Gasteiger partial charge in [0.1, 0.15) is 78.5 Å². The lowest BCUT2D eigenvalue weighted by molar-refractivity contribution is -0.151. The van der Waals surface area contributed by atoms with Crippen molar-refractivity contribution in [3.8, 4) is 0 Å². The summed E-state index contributed by atoms with van der Waals surface area (Å²) < 4.78 is 6.28. The van der Waals surface area contributed by atoms with Crippen molar-refractivity contribution in [2.24, 2.45) is 23.1 Å². The third-order valence-corrected chi connectivity index (χ3v) is 24.7. The van der Waals surface area contributed by atoms with Crippen molar-refractivity contribution in [3.05, 3.63) is 162 Å². The Morgan fingerprint density at radius 3 is 1.70 bits per heavy atom. The second-order valence-electron chi connectivity index (χ2n) is 34.5. The lowest BCUT2D eigenvalue weighted by Crippen LogP contribution is -2.62. The molecule has 9 rings (SSSR count). The van der Waals surface area contributed by atoms with Crippen LogP contribution in [0.2, 0.25) is 0 Å². The van der Waals surface area contributed by atoms with E-state index in [1.54, 1.807) is 135 Å². The molecule has 738 valence electrons. The quantitative estimate of drug-likeness (QED) is 0.0149. The zero-order chi connectivity index (χ0) is 99.7. The molecule has 2 fully saturated rings. The number of para-hydroxylation sites is 2. The van der Waals surface area contributed by atoms with Crippen LogP contribution < -0.4 is 75.7 Å². The summed E-state index contributed by atoms with van der Waals surface area (Å²) in [6.07, 6.45) is 4.80. The van der Waals surface area contributed by atoms with Crippen LogP contribution in [0, 0.1) is 11.3 Å². The minimum Gasteiger partial charge on any atom is -0.394 e.